The van der Waals surface area contributed by atoms with Crippen LogP contribution in [0, 0.1) is 0 Å². The lowest BCUT2D eigenvalue weighted by atomic mass is 10.2. The van der Waals surface area contributed by atoms with Crippen molar-refractivity contribution < 1.29 is 9.21 Å². The van der Waals surface area contributed by atoms with Crippen LogP contribution >= 0.6 is 11.6 Å². The SMILES string of the molecule is CN(Cc1nnc2n1CCCCC2)C(=O)c1ccc(-c2ccc(Cl)cc2)o1. The fraction of sp³-hybridized carbons (Fsp3) is 0.350. The standard InChI is InChI=1S/C20H21ClN4O2/c1-24(13-19-23-22-18-5-3-2-4-12-25(18)19)20(26)17-11-10-16(27-17)14-6-8-15(21)9-7-14/h6-11H,2-5,12-13H2,1H3. The maximum absolute atomic E-state index is 12.8. The van der Waals surface area contributed by atoms with Crippen LogP contribution in [0.15, 0.2) is 40.8 Å². The molecule has 0 unspecified atom stereocenters. The molecular weight excluding hydrogens is 364 g/mol. The highest BCUT2D eigenvalue weighted by molar-refractivity contribution is 6.30. The molecule has 4 rings (SSSR count). The van der Waals surface area contributed by atoms with Crippen molar-refractivity contribution in [3.05, 3.63) is 58.8 Å². The van der Waals surface area contributed by atoms with E-state index in [4.69, 9.17) is 16.0 Å². The molecule has 1 amide bonds. The predicted molar refractivity (Wildman–Crippen MR) is 103 cm³/mol. The molecule has 0 spiro atoms. The molecule has 27 heavy (non-hydrogen) atoms. The van der Waals surface area contributed by atoms with Gasteiger partial charge in [-0.25, -0.2) is 0 Å². The molecular formula is C20H21ClN4O2. The van der Waals surface area contributed by atoms with Crippen molar-refractivity contribution >= 4 is 17.5 Å². The summed E-state index contributed by atoms with van der Waals surface area (Å²) in [4.78, 5) is 14.4. The minimum absolute atomic E-state index is 0.179. The fourth-order valence-corrected chi connectivity index (χ4v) is 3.48. The van der Waals surface area contributed by atoms with Crippen molar-refractivity contribution in [2.24, 2.45) is 0 Å². The summed E-state index contributed by atoms with van der Waals surface area (Å²) in [6, 6.07) is 10.8. The Bertz CT molecular complexity index is 945. The van der Waals surface area contributed by atoms with E-state index in [1.807, 2.05) is 12.1 Å². The Balaban J connectivity index is 1.48. The van der Waals surface area contributed by atoms with E-state index in [-0.39, 0.29) is 5.91 Å². The summed E-state index contributed by atoms with van der Waals surface area (Å²) in [7, 11) is 1.76. The Morgan fingerprint density at radius 1 is 1.15 bits per heavy atom. The highest BCUT2D eigenvalue weighted by Gasteiger charge is 2.21. The molecule has 3 heterocycles. The lowest BCUT2D eigenvalue weighted by molar-refractivity contribution is 0.0749. The van der Waals surface area contributed by atoms with Gasteiger partial charge >= 0.3 is 0 Å². The van der Waals surface area contributed by atoms with Gasteiger partial charge in [-0.3, -0.25) is 4.79 Å². The minimum Gasteiger partial charge on any atom is -0.451 e. The molecule has 0 saturated carbocycles. The number of hydrogen-bond acceptors (Lipinski definition) is 4. The maximum Gasteiger partial charge on any atom is 0.289 e. The van der Waals surface area contributed by atoms with Crippen LogP contribution < -0.4 is 0 Å². The normalized spacial score (nSPS) is 13.9. The van der Waals surface area contributed by atoms with Gasteiger partial charge in [-0.2, -0.15) is 0 Å². The third kappa shape index (κ3) is 3.76. The zero-order chi connectivity index (χ0) is 18.8. The first kappa shape index (κ1) is 17.8. The Kier molecular flexibility index (Phi) is 4.99. The predicted octanol–water partition coefficient (Wildman–Crippen LogP) is 4.19. The van der Waals surface area contributed by atoms with Crippen LogP contribution in [0.25, 0.3) is 11.3 Å². The molecule has 1 aromatic carbocycles. The Morgan fingerprint density at radius 2 is 1.96 bits per heavy atom. The number of aromatic nitrogens is 3. The fourth-order valence-electron chi connectivity index (χ4n) is 3.36. The van der Waals surface area contributed by atoms with Gasteiger partial charge in [-0.15, -0.1) is 10.2 Å². The number of halogens is 1. The number of fused-ring (bicyclic) bond motifs is 1. The van der Waals surface area contributed by atoms with Crippen LogP contribution in [-0.4, -0.2) is 32.6 Å². The van der Waals surface area contributed by atoms with Crippen LogP contribution in [0.3, 0.4) is 0 Å². The molecule has 0 aliphatic carbocycles. The zero-order valence-corrected chi connectivity index (χ0v) is 15.9. The summed E-state index contributed by atoms with van der Waals surface area (Å²) in [6.45, 7) is 1.32. The molecule has 1 aliphatic heterocycles. The van der Waals surface area contributed by atoms with Crippen molar-refractivity contribution in [1.82, 2.24) is 19.7 Å². The van der Waals surface area contributed by atoms with Crippen molar-refractivity contribution in [2.75, 3.05) is 7.05 Å². The first-order valence-corrected chi connectivity index (χ1v) is 9.52. The molecule has 1 aliphatic rings. The van der Waals surface area contributed by atoms with Crippen molar-refractivity contribution in [3.8, 4) is 11.3 Å². The first-order chi connectivity index (χ1) is 13.1. The molecule has 3 aromatic rings. The van der Waals surface area contributed by atoms with E-state index in [0.29, 0.717) is 23.1 Å². The minimum atomic E-state index is -0.179. The maximum atomic E-state index is 12.8. The second kappa shape index (κ2) is 7.56. The van der Waals surface area contributed by atoms with E-state index < -0.39 is 0 Å². The van der Waals surface area contributed by atoms with Gasteiger partial charge in [-0.05, 0) is 49.2 Å². The number of aryl methyl sites for hydroxylation is 1. The average Bonchev–Trinajstić information content (AvgIpc) is 3.23. The molecule has 0 saturated heterocycles. The van der Waals surface area contributed by atoms with Gasteiger partial charge in [-0.1, -0.05) is 18.0 Å². The van der Waals surface area contributed by atoms with Crippen LogP contribution in [0.2, 0.25) is 5.02 Å². The Morgan fingerprint density at radius 3 is 2.78 bits per heavy atom. The molecule has 0 N–H and O–H groups in total. The Labute approximate surface area is 162 Å². The molecule has 6 nitrogen and oxygen atoms in total. The average molecular weight is 385 g/mol. The van der Waals surface area contributed by atoms with Gasteiger partial charge in [0.25, 0.3) is 5.91 Å². The molecule has 140 valence electrons. The number of amides is 1. The molecule has 0 fully saturated rings. The molecule has 7 heteroatoms. The highest BCUT2D eigenvalue weighted by atomic mass is 35.5. The third-order valence-corrected chi connectivity index (χ3v) is 5.11. The molecule has 0 bridgehead atoms. The van der Waals surface area contributed by atoms with E-state index in [1.165, 1.54) is 6.42 Å². The summed E-state index contributed by atoms with van der Waals surface area (Å²) in [5.74, 6) is 2.61. The lowest BCUT2D eigenvalue weighted by Gasteiger charge is -2.16. The topological polar surface area (TPSA) is 64.2 Å². The van der Waals surface area contributed by atoms with Crippen LogP contribution in [-0.2, 0) is 19.5 Å². The number of hydrogen-bond donors (Lipinski definition) is 0. The largest absolute Gasteiger partial charge is 0.451 e. The number of rotatable bonds is 4. The first-order valence-electron chi connectivity index (χ1n) is 9.14. The summed E-state index contributed by atoms with van der Waals surface area (Å²) < 4.78 is 7.92. The number of benzene rings is 1. The van der Waals surface area contributed by atoms with Crippen molar-refractivity contribution in [1.29, 1.82) is 0 Å². The van der Waals surface area contributed by atoms with Gasteiger partial charge in [0, 0.05) is 30.6 Å². The van der Waals surface area contributed by atoms with Gasteiger partial charge in [0.05, 0.1) is 6.54 Å². The zero-order valence-electron chi connectivity index (χ0n) is 15.2. The number of carbonyl (C=O) groups excluding carboxylic acids is 1. The third-order valence-electron chi connectivity index (χ3n) is 4.86. The van der Waals surface area contributed by atoms with Crippen LogP contribution in [0.4, 0.5) is 0 Å². The molecule has 2 aromatic heterocycles. The number of nitrogens with zero attached hydrogens (tertiary/aromatic N) is 4. The second-order valence-electron chi connectivity index (χ2n) is 6.83. The van der Waals surface area contributed by atoms with Gasteiger partial charge in [0.1, 0.15) is 11.6 Å². The number of carbonyl (C=O) groups is 1. The summed E-state index contributed by atoms with van der Waals surface area (Å²) in [5.41, 5.74) is 0.879. The molecule has 0 atom stereocenters. The van der Waals surface area contributed by atoms with Gasteiger partial charge in [0.15, 0.2) is 11.6 Å². The van der Waals surface area contributed by atoms with E-state index in [0.717, 1.165) is 43.0 Å². The van der Waals surface area contributed by atoms with E-state index >= 15 is 0 Å². The van der Waals surface area contributed by atoms with E-state index in [2.05, 4.69) is 14.8 Å². The van der Waals surface area contributed by atoms with Crippen LogP contribution in [0.1, 0.15) is 41.5 Å². The second-order valence-corrected chi connectivity index (χ2v) is 7.26. The van der Waals surface area contributed by atoms with E-state index in [1.54, 1.807) is 36.2 Å². The summed E-state index contributed by atoms with van der Waals surface area (Å²) in [5, 5.41) is 9.25. The van der Waals surface area contributed by atoms with Gasteiger partial charge < -0.3 is 13.9 Å². The lowest BCUT2D eigenvalue weighted by Crippen LogP contribution is -2.27. The van der Waals surface area contributed by atoms with E-state index in [9.17, 15) is 4.79 Å². The van der Waals surface area contributed by atoms with Crippen molar-refractivity contribution in [3.63, 3.8) is 0 Å². The summed E-state index contributed by atoms with van der Waals surface area (Å²) in [6.07, 6.45) is 4.43. The Hall–Kier alpha value is -2.60. The summed E-state index contributed by atoms with van der Waals surface area (Å²) >= 11 is 5.92. The monoisotopic (exact) mass is 384 g/mol. The highest BCUT2D eigenvalue weighted by Crippen LogP contribution is 2.24. The smallest absolute Gasteiger partial charge is 0.289 e. The van der Waals surface area contributed by atoms with Crippen LogP contribution in [0.5, 0.6) is 0 Å². The van der Waals surface area contributed by atoms with Crippen molar-refractivity contribution in [2.45, 2.75) is 38.8 Å². The quantitative estimate of drug-likeness (QED) is 0.676. The van der Waals surface area contributed by atoms with Gasteiger partial charge in [0.2, 0.25) is 0 Å². The molecule has 0 radical (unpaired) electrons. The number of furan rings is 1.